The molecular formula is C17H11Cl2N3O2. The lowest BCUT2D eigenvalue weighted by Gasteiger charge is -2.19. The molecule has 0 aliphatic carbocycles. The summed E-state index contributed by atoms with van der Waals surface area (Å²) < 4.78 is 5.72. The number of amides is 1. The van der Waals surface area contributed by atoms with Gasteiger partial charge in [0.1, 0.15) is 23.5 Å². The molecule has 0 saturated carbocycles. The Morgan fingerprint density at radius 1 is 0.875 bits per heavy atom. The van der Waals surface area contributed by atoms with Crippen LogP contribution in [0.15, 0.2) is 60.9 Å². The van der Waals surface area contributed by atoms with E-state index in [-0.39, 0.29) is 16.0 Å². The highest BCUT2D eigenvalue weighted by Gasteiger charge is 2.17. The number of nitrogens with zero attached hydrogens (tertiary/aromatic N) is 3. The SMILES string of the molecule is O=CN(c1ccc(Oc2ccccc2)cc1)c1c(Cl)ncnc1Cl. The highest BCUT2D eigenvalue weighted by Crippen LogP contribution is 2.35. The molecule has 3 rings (SSSR count). The first-order chi connectivity index (χ1) is 11.7. The number of para-hydroxylation sites is 1. The Kier molecular flexibility index (Phi) is 4.93. The molecule has 0 aliphatic heterocycles. The van der Waals surface area contributed by atoms with Gasteiger partial charge in [0.25, 0.3) is 0 Å². The first-order valence-corrected chi connectivity index (χ1v) is 7.68. The molecular weight excluding hydrogens is 349 g/mol. The molecule has 24 heavy (non-hydrogen) atoms. The summed E-state index contributed by atoms with van der Waals surface area (Å²) in [6.07, 6.45) is 1.83. The molecule has 5 nitrogen and oxygen atoms in total. The van der Waals surface area contributed by atoms with Gasteiger partial charge in [0.15, 0.2) is 10.3 Å². The van der Waals surface area contributed by atoms with Crippen molar-refractivity contribution in [2.24, 2.45) is 0 Å². The lowest BCUT2D eigenvalue weighted by molar-refractivity contribution is -0.106. The predicted octanol–water partition coefficient (Wildman–Crippen LogP) is 4.87. The number of carbonyl (C=O) groups excluding carboxylic acids is 1. The Labute approximate surface area is 148 Å². The first kappa shape index (κ1) is 16.2. The first-order valence-electron chi connectivity index (χ1n) is 6.92. The van der Waals surface area contributed by atoms with Crippen molar-refractivity contribution in [3.8, 4) is 11.5 Å². The number of benzene rings is 2. The molecule has 0 spiro atoms. The van der Waals surface area contributed by atoms with E-state index in [1.165, 1.54) is 11.2 Å². The van der Waals surface area contributed by atoms with Crippen LogP contribution in [0.1, 0.15) is 0 Å². The number of carbonyl (C=O) groups is 1. The molecule has 7 heteroatoms. The zero-order valence-corrected chi connectivity index (χ0v) is 13.8. The third-order valence-electron chi connectivity index (χ3n) is 3.17. The van der Waals surface area contributed by atoms with Crippen molar-refractivity contribution in [2.45, 2.75) is 0 Å². The van der Waals surface area contributed by atoms with Crippen molar-refractivity contribution in [1.29, 1.82) is 0 Å². The fourth-order valence-electron chi connectivity index (χ4n) is 2.08. The van der Waals surface area contributed by atoms with E-state index in [1.54, 1.807) is 24.3 Å². The van der Waals surface area contributed by atoms with Crippen LogP contribution in [-0.4, -0.2) is 16.4 Å². The minimum absolute atomic E-state index is 0.0895. The average Bonchev–Trinajstić information content (AvgIpc) is 2.60. The molecule has 0 fully saturated rings. The maximum atomic E-state index is 11.5. The van der Waals surface area contributed by atoms with Crippen LogP contribution in [-0.2, 0) is 4.79 Å². The van der Waals surface area contributed by atoms with Gasteiger partial charge in [-0.3, -0.25) is 9.69 Å². The normalized spacial score (nSPS) is 10.2. The zero-order valence-electron chi connectivity index (χ0n) is 12.3. The number of halogens is 2. The second-order valence-electron chi connectivity index (χ2n) is 4.69. The third-order valence-corrected chi connectivity index (χ3v) is 3.73. The number of anilines is 2. The standard InChI is InChI=1S/C17H11Cl2N3O2/c18-16-15(17(19)21-10-20-16)22(11-23)12-6-8-14(9-7-12)24-13-4-2-1-3-5-13/h1-11H. The molecule has 1 amide bonds. The van der Waals surface area contributed by atoms with Gasteiger partial charge >= 0.3 is 0 Å². The summed E-state index contributed by atoms with van der Waals surface area (Å²) >= 11 is 12.1. The Bertz CT molecular complexity index is 822. The van der Waals surface area contributed by atoms with Gasteiger partial charge < -0.3 is 4.74 Å². The van der Waals surface area contributed by atoms with Gasteiger partial charge in [-0.1, -0.05) is 41.4 Å². The number of ether oxygens (including phenoxy) is 1. The zero-order chi connectivity index (χ0) is 16.9. The van der Waals surface area contributed by atoms with Crippen LogP contribution in [0.2, 0.25) is 10.3 Å². The summed E-state index contributed by atoms with van der Waals surface area (Å²) in [7, 11) is 0. The molecule has 0 atom stereocenters. The molecule has 0 N–H and O–H groups in total. The maximum absolute atomic E-state index is 11.5. The highest BCUT2D eigenvalue weighted by atomic mass is 35.5. The quantitative estimate of drug-likeness (QED) is 0.481. The molecule has 0 radical (unpaired) electrons. The Morgan fingerprint density at radius 3 is 2.04 bits per heavy atom. The number of rotatable bonds is 5. The van der Waals surface area contributed by atoms with Crippen LogP contribution < -0.4 is 9.64 Å². The van der Waals surface area contributed by atoms with Gasteiger partial charge in [0, 0.05) is 5.69 Å². The van der Waals surface area contributed by atoms with Crippen LogP contribution in [0.5, 0.6) is 11.5 Å². The van der Waals surface area contributed by atoms with Gasteiger partial charge in [-0.2, -0.15) is 0 Å². The lowest BCUT2D eigenvalue weighted by atomic mass is 10.2. The fourth-order valence-corrected chi connectivity index (χ4v) is 2.58. The van der Waals surface area contributed by atoms with E-state index in [0.717, 1.165) is 5.75 Å². The fraction of sp³-hybridized carbons (Fsp3) is 0. The van der Waals surface area contributed by atoms with Crippen LogP contribution in [0, 0.1) is 0 Å². The topological polar surface area (TPSA) is 55.3 Å². The molecule has 120 valence electrons. The monoisotopic (exact) mass is 359 g/mol. The molecule has 1 heterocycles. The Balaban J connectivity index is 1.87. The maximum Gasteiger partial charge on any atom is 0.218 e. The molecule has 0 saturated heterocycles. The minimum Gasteiger partial charge on any atom is -0.457 e. The van der Waals surface area contributed by atoms with Crippen molar-refractivity contribution in [2.75, 3.05) is 4.90 Å². The summed E-state index contributed by atoms with van der Waals surface area (Å²) in [6, 6.07) is 16.3. The van der Waals surface area contributed by atoms with Crippen molar-refractivity contribution in [3.63, 3.8) is 0 Å². The Morgan fingerprint density at radius 2 is 1.46 bits per heavy atom. The summed E-state index contributed by atoms with van der Waals surface area (Å²) in [5.41, 5.74) is 0.788. The summed E-state index contributed by atoms with van der Waals surface area (Å²) in [4.78, 5) is 20.5. The van der Waals surface area contributed by atoms with E-state index in [4.69, 9.17) is 27.9 Å². The van der Waals surface area contributed by atoms with E-state index < -0.39 is 0 Å². The molecule has 2 aromatic carbocycles. The number of aromatic nitrogens is 2. The van der Waals surface area contributed by atoms with Crippen LogP contribution in [0.4, 0.5) is 11.4 Å². The molecule has 0 unspecified atom stereocenters. The third kappa shape index (κ3) is 3.48. The lowest BCUT2D eigenvalue weighted by Crippen LogP contribution is -2.16. The summed E-state index contributed by atoms with van der Waals surface area (Å²) in [5, 5.41) is 0.179. The van der Waals surface area contributed by atoms with Gasteiger partial charge in [-0.25, -0.2) is 9.97 Å². The second kappa shape index (κ2) is 7.29. The average molecular weight is 360 g/mol. The van der Waals surface area contributed by atoms with Gasteiger partial charge in [-0.05, 0) is 36.4 Å². The van der Waals surface area contributed by atoms with Gasteiger partial charge in [0.05, 0.1) is 0 Å². The Hall–Kier alpha value is -2.63. The molecule has 0 aliphatic rings. The molecule has 3 aromatic rings. The minimum atomic E-state index is 0.0895. The second-order valence-corrected chi connectivity index (χ2v) is 5.40. The van der Waals surface area contributed by atoms with E-state index >= 15 is 0 Å². The van der Waals surface area contributed by atoms with Crippen LogP contribution in [0.3, 0.4) is 0 Å². The van der Waals surface area contributed by atoms with E-state index in [1.807, 2.05) is 30.3 Å². The van der Waals surface area contributed by atoms with Crippen LogP contribution in [0.25, 0.3) is 0 Å². The highest BCUT2D eigenvalue weighted by molar-refractivity contribution is 6.38. The van der Waals surface area contributed by atoms with E-state index in [2.05, 4.69) is 9.97 Å². The van der Waals surface area contributed by atoms with Crippen molar-refractivity contribution in [3.05, 3.63) is 71.2 Å². The van der Waals surface area contributed by atoms with Gasteiger partial charge in [-0.15, -0.1) is 0 Å². The smallest absolute Gasteiger partial charge is 0.218 e. The largest absolute Gasteiger partial charge is 0.457 e. The molecule has 1 aromatic heterocycles. The summed E-state index contributed by atoms with van der Waals surface area (Å²) in [6.45, 7) is 0. The predicted molar refractivity (Wildman–Crippen MR) is 93.2 cm³/mol. The number of hydrogen-bond donors (Lipinski definition) is 0. The van der Waals surface area contributed by atoms with Crippen LogP contribution >= 0.6 is 23.2 Å². The van der Waals surface area contributed by atoms with Gasteiger partial charge in [0.2, 0.25) is 6.41 Å². The van der Waals surface area contributed by atoms with Crippen molar-refractivity contribution in [1.82, 2.24) is 9.97 Å². The van der Waals surface area contributed by atoms with Crippen molar-refractivity contribution >= 4 is 41.0 Å². The number of hydrogen-bond acceptors (Lipinski definition) is 4. The van der Waals surface area contributed by atoms with Crippen molar-refractivity contribution < 1.29 is 9.53 Å². The van der Waals surface area contributed by atoms with E-state index in [9.17, 15) is 4.79 Å². The summed E-state index contributed by atoms with van der Waals surface area (Å²) in [5.74, 6) is 1.36. The van der Waals surface area contributed by atoms with E-state index in [0.29, 0.717) is 17.8 Å². The molecule has 0 bridgehead atoms.